The zero-order valence-electron chi connectivity index (χ0n) is 16.6. The SMILES string of the molecule is CCC(CC)O[C@@H]1C=C(C(=O)OC)C[C@H](N(C)C(=O)C(F)(F)F)[C@H]1NC(C)=O. The number of halogens is 3. The number of alkyl halides is 3. The van der Waals surface area contributed by atoms with Crippen LogP contribution in [0.2, 0.25) is 0 Å². The second-order valence-electron chi connectivity index (χ2n) is 6.63. The van der Waals surface area contributed by atoms with E-state index in [2.05, 4.69) is 5.32 Å². The molecule has 0 heterocycles. The molecule has 1 rings (SSSR count). The Morgan fingerprint density at radius 2 is 1.86 bits per heavy atom. The smallest absolute Gasteiger partial charge is 0.466 e. The number of carbonyl (C=O) groups is 3. The molecule has 0 saturated heterocycles. The van der Waals surface area contributed by atoms with E-state index in [0.29, 0.717) is 17.7 Å². The first-order valence-corrected chi connectivity index (χ1v) is 9.01. The highest BCUT2D eigenvalue weighted by Gasteiger charge is 2.48. The van der Waals surface area contributed by atoms with Gasteiger partial charge in [0.15, 0.2) is 0 Å². The van der Waals surface area contributed by atoms with Crippen molar-refractivity contribution in [1.29, 1.82) is 0 Å². The summed E-state index contributed by atoms with van der Waals surface area (Å²) in [5.41, 5.74) is 0.0897. The molecule has 0 aromatic rings. The van der Waals surface area contributed by atoms with Crippen LogP contribution in [0, 0.1) is 0 Å². The van der Waals surface area contributed by atoms with Crippen molar-refractivity contribution < 1.29 is 37.0 Å². The summed E-state index contributed by atoms with van der Waals surface area (Å²) in [6.07, 6.45) is -3.73. The molecule has 28 heavy (non-hydrogen) atoms. The Morgan fingerprint density at radius 3 is 2.29 bits per heavy atom. The molecular weight excluding hydrogens is 381 g/mol. The molecule has 7 nitrogen and oxygen atoms in total. The Labute approximate surface area is 162 Å². The van der Waals surface area contributed by atoms with Crippen LogP contribution in [0.3, 0.4) is 0 Å². The molecule has 0 aromatic carbocycles. The molecule has 0 fully saturated rings. The predicted molar refractivity (Wildman–Crippen MR) is 94.2 cm³/mol. The molecule has 10 heteroatoms. The number of hydrogen-bond donors (Lipinski definition) is 1. The third-order valence-corrected chi connectivity index (χ3v) is 4.70. The summed E-state index contributed by atoms with van der Waals surface area (Å²) in [4.78, 5) is 36.0. The Morgan fingerprint density at radius 1 is 1.29 bits per heavy atom. The lowest BCUT2D eigenvalue weighted by atomic mass is 9.86. The normalized spacial score (nSPS) is 22.5. The Hall–Kier alpha value is -2.10. The Bertz CT molecular complexity index is 617. The molecule has 160 valence electrons. The summed E-state index contributed by atoms with van der Waals surface area (Å²) in [6, 6.07) is -2.10. The van der Waals surface area contributed by atoms with Gasteiger partial charge in [-0.1, -0.05) is 13.8 Å². The van der Waals surface area contributed by atoms with Gasteiger partial charge < -0.3 is 19.7 Å². The van der Waals surface area contributed by atoms with E-state index in [-0.39, 0.29) is 18.1 Å². The van der Waals surface area contributed by atoms with Gasteiger partial charge in [0.25, 0.3) is 0 Å². The highest BCUT2D eigenvalue weighted by Crippen LogP contribution is 2.30. The average molecular weight is 408 g/mol. The number of carbonyl (C=O) groups excluding carboxylic acids is 3. The van der Waals surface area contributed by atoms with Gasteiger partial charge in [-0.3, -0.25) is 9.59 Å². The summed E-state index contributed by atoms with van der Waals surface area (Å²) in [5.74, 6) is -3.28. The quantitative estimate of drug-likeness (QED) is 0.651. The van der Waals surface area contributed by atoms with Crippen molar-refractivity contribution in [3.05, 3.63) is 11.6 Å². The van der Waals surface area contributed by atoms with Crippen LogP contribution in [0.1, 0.15) is 40.0 Å². The molecule has 0 aliphatic heterocycles. The lowest BCUT2D eigenvalue weighted by Gasteiger charge is -2.42. The number of methoxy groups -OCH3 is 1. The lowest BCUT2D eigenvalue weighted by Crippen LogP contribution is -2.61. The average Bonchev–Trinajstić information content (AvgIpc) is 2.63. The van der Waals surface area contributed by atoms with Gasteiger partial charge in [0.2, 0.25) is 5.91 Å². The van der Waals surface area contributed by atoms with Crippen molar-refractivity contribution in [3.8, 4) is 0 Å². The van der Waals surface area contributed by atoms with Gasteiger partial charge in [0.05, 0.1) is 31.4 Å². The van der Waals surface area contributed by atoms with E-state index < -0.39 is 42.1 Å². The number of esters is 1. The number of amides is 2. The number of likely N-dealkylation sites (N-methyl/N-ethyl adjacent to an activating group) is 1. The Balaban J connectivity index is 3.37. The zero-order chi connectivity index (χ0) is 21.6. The van der Waals surface area contributed by atoms with Crippen LogP contribution in [0.15, 0.2) is 11.6 Å². The second kappa shape index (κ2) is 9.90. The van der Waals surface area contributed by atoms with Crippen LogP contribution in [0.25, 0.3) is 0 Å². The fraction of sp³-hybridized carbons (Fsp3) is 0.722. The monoisotopic (exact) mass is 408 g/mol. The van der Waals surface area contributed by atoms with Crippen molar-refractivity contribution in [3.63, 3.8) is 0 Å². The first kappa shape index (κ1) is 23.9. The molecular formula is C18H27F3N2O5. The van der Waals surface area contributed by atoms with Crippen LogP contribution in [-0.2, 0) is 23.9 Å². The number of ether oxygens (including phenoxy) is 2. The van der Waals surface area contributed by atoms with Gasteiger partial charge in [-0.05, 0) is 18.9 Å². The van der Waals surface area contributed by atoms with E-state index in [4.69, 9.17) is 9.47 Å². The minimum atomic E-state index is -5.09. The van der Waals surface area contributed by atoms with Crippen LogP contribution in [-0.4, -0.2) is 67.3 Å². The van der Waals surface area contributed by atoms with Crippen LogP contribution < -0.4 is 5.32 Å². The first-order chi connectivity index (χ1) is 13.0. The van der Waals surface area contributed by atoms with Crippen molar-refractivity contribution in [1.82, 2.24) is 10.2 Å². The van der Waals surface area contributed by atoms with Gasteiger partial charge in [0.1, 0.15) is 0 Å². The maximum absolute atomic E-state index is 13.0. The Kier molecular flexibility index (Phi) is 8.47. The van der Waals surface area contributed by atoms with Crippen molar-refractivity contribution in [2.75, 3.05) is 14.2 Å². The minimum absolute atomic E-state index is 0.0897. The molecule has 0 bridgehead atoms. The number of nitrogens with zero attached hydrogens (tertiary/aromatic N) is 1. The number of nitrogens with one attached hydrogen (secondary N) is 1. The largest absolute Gasteiger partial charge is 0.471 e. The standard InChI is InChI=1S/C18H27F3N2O5/c1-6-12(7-2)28-14-9-11(16(25)27-5)8-13(15(14)22-10(3)24)23(4)17(26)18(19,20)21/h9,12-15H,6-8H2,1-5H3,(H,22,24)/t13-,14+,15+/m0/s1. The van der Waals surface area contributed by atoms with Gasteiger partial charge in [-0.2, -0.15) is 13.2 Å². The van der Waals surface area contributed by atoms with Crippen LogP contribution in [0.4, 0.5) is 13.2 Å². The van der Waals surface area contributed by atoms with Crippen LogP contribution in [0.5, 0.6) is 0 Å². The summed E-state index contributed by atoms with van der Waals surface area (Å²) in [6.45, 7) is 4.98. The minimum Gasteiger partial charge on any atom is -0.466 e. The van der Waals surface area contributed by atoms with Crippen LogP contribution >= 0.6 is 0 Å². The van der Waals surface area contributed by atoms with Crippen molar-refractivity contribution in [2.45, 2.75) is 70.5 Å². The summed E-state index contributed by atoms with van der Waals surface area (Å²) >= 11 is 0. The highest BCUT2D eigenvalue weighted by atomic mass is 19.4. The maximum atomic E-state index is 13.0. The highest BCUT2D eigenvalue weighted by molar-refractivity contribution is 5.89. The van der Waals surface area contributed by atoms with E-state index in [1.807, 2.05) is 13.8 Å². The summed E-state index contributed by atoms with van der Waals surface area (Å²) in [7, 11) is 2.14. The molecule has 1 N–H and O–H groups in total. The molecule has 0 saturated carbocycles. The predicted octanol–water partition coefficient (Wildman–Crippen LogP) is 1.96. The van der Waals surface area contributed by atoms with E-state index in [1.165, 1.54) is 13.0 Å². The van der Waals surface area contributed by atoms with E-state index in [1.54, 1.807) is 0 Å². The molecule has 0 radical (unpaired) electrons. The van der Waals surface area contributed by atoms with E-state index in [9.17, 15) is 27.6 Å². The molecule has 3 atom stereocenters. The van der Waals surface area contributed by atoms with E-state index in [0.717, 1.165) is 14.2 Å². The topological polar surface area (TPSA) is 84.9 Å². The molecule has 0 unspecified atom stereocenters. The third-order valence-electron chi connectivity index (χ3n) is 4.70. The molecule has 0 aromatic heterocycles. The van der Waals surface area contributed by atoms with Gasteiger partial charge in [0, 0.05) is 26.0 Å². The number of rotatable bonds is 7. The molecule has 0 spiro atoms. The second-order valence-corrected chi connectivity index (χ2v) is 6.63. The third kappa shape index (κ3) is 5.95. The number of hydrogen-bond acceptors (Lipinski definition) is 5. The zero-order valence-corrected chi connectivity index (χ0v) is 16.6. The molecule has 1 aliphatic rings. The molecule has 1 aliphatic carbocycles. The summed E-state index contributed by atoms with van der Waals surface area (Å²) in [5, 5.41) is 2.58. The summed E-state index contributed by atoms with van der Waals surface area (Å²) < 4.78 is 49.5. The lowest BCUT2D eigenvalue weighted by molar-refractivity contribution is -0.187. The fourth-order valence-corrected chi connectivity index (χ4v) is 3.19. The fourth-order valence-electron chi connectivity index (χ4n) is 3.19. The van der Waals surface area contributed by atoms with Gasteiger partial charge in [-0.15, -0.1) is 0 Å². The van der Waals surface area contributed by atoms with Gasteiger partial charge in [-0.25, -0.2) is 4.79 Å². The maximum Gasteiger partial charge on any atom is 0.471 e. The van der Waals surface area contributed by atoms with Gasteiger partial charge >= 0.3 is 18.1 Å². The van der Waals surface area contributed by atoms with E-state index >= 15 is 0 Å². The van der Waals surface area contributed by atoms with Crippen molar-refractivity contribution in [2.24, 2.45) is 0 Å². The first-order valence-electron chi connectivity index (χ1n) is 9.01. The van der Waals surface area contributed by atoms with Crippen molar-refractivity contribution >= 4 is 17.8 Å². The molecule has 2 amide bonds.